The summed E-state index contributed by atoms with van der Waals surface area (Å²) < 4.78 is 72.0. The third-order valence-electron chi connectivity index (χ3n) is 4.98. The van der Waals surface area contributed by atoms with Crippen LogP contribution in [0.3, 0.4) is 0 Å². The molecule has 184 valence electrons. The lowest BCUT2D eigenvalue weighted by Crippen LogP contribution is -2.24. The summed E-state index contributed by atoms with van der Waals surface area (Å²) >= 11 is 0. The molecular weight excluding hydrogens is 473 g/mol. The number of aromatic carboxylic acids is 1. The Labute approximate surface area is 197 Å². The zero-order valence-corrected chi connectivity index (χ0v) is 18.4. The fourth-order valence-corrected chi connectivity index (χ4v) is 3.28. The van der Waals surface area contributed by atoms with Crippen LogP contribution in [0.25, 0.3) is 11.1 Å². The van der Waals surface area contributed by atoms with E-state index in [1.165, 1.54) is 6.07 Å². The van der Waals surface area contributed by atoms with Gasteiger partial charge >= 0.3 is 12.1 Å². The average Bonchev–Trinajstić information content (AvgIpc) is 2.80. The zero-order chi connectivity index (χ0) is 25.8. The van der Waals surface area contributed by atoms with Crippen molar-refractivity contribution in [2.75, 3.05) is 6.61 Å². The van der Waals surface area contributed by atoms with E-state index in [1.54, 1.807) is 18.2 Å². The van der Waals surface area contributed by atoms with Crippen molar-refractivity contribution in [1.29, 1.82) is 0 Å². The third-order valence-corrected chi connectivity index (χ3v) is 4.98. The van der Waals surface area contributed by atoms with E-state index in [4.69, 9.17) is 4.74 Å². The van der Waals surface area contributed by atoms with Crippen molar-refractivity contribution >= 4 is 11.9 Å². The Morgan fingerprint density at radius 3 is 2.34 bits per heavy atom. The zero-order valence-electron chi connectivity index (χ0n) is 18.4. The molecule has 0 radical (unpaired) electrons. The second-order valence-electron chi connectivity index (χ2n) is 7.58. The molecule has 0 atom stereocenters. The minimum Gasteiger partial charge on any atom is -0.493 e. The number of halogens is 5. The fourth-order valence-electron chi connectivity index (χ4n) is 3.28. The Balaban J connectivity index is 1.89. The lowest BCUT2D eigenvalue weighted by atomic mass is 10.00. The number of carbonyl (C=O) groups excluding carboxylic acids is 1. The van der Waals surface area contributed by atoms with Crippen LogP contribution in [0.15, 0.2) is 54.6 Å². The highest BCUT2D eigenvalue weighted by Crippen LogP contribution is 2.31. The number of benzene rings is 3. The highest BCUT2D eigenvalue weighted by Gasteiger charge is 2.31. The molecule has 0 aliphatic carbocycles. The first kappa shape index (κ1) is 25.7. The van der Waals surface area contributed by atoms with Crippen molar-refractivity contribution in [3.05, 3.63) is 88.5 Å². The molecule has 0 saturated carbocycles. The van der Waals surface area contributed by atoms with Crippen LogP contribution in [0.1, 0.15) is 45.2 Å². The maximum absolute atomic E-state index is 14.2. The van der Waals surface area contributed by atoms with E-state index in [2.05, 4.69) is 5.32 Å². The van der Waals surface area contributed by atoms with Gasteiger partial charge in [-0.1, -0.05) is 13.0 Å². The van der Waals surface area contributed by atoms with E-state index in [0.717, 1.165) is 18.2 Å². The summed E-state index contributed by atoms with van der Waals surface area (Å²) in [6.45, 7) is 2.04. The summed E-state index contributed by atoms with van der Waals surface area (Å²) in [6.07, 6.45) is -4.07. The monoisotopic (exact) mass is 493 g/mol. The number of carbonyl (C=O) groups is 2. The first-order valence-corrected chi connectivity index (χ1v) is 10.4. The number of carboxylic acids is 1. The predicted octanol–water partition coefficient (Wildman–Crippen LogP) is 6.07. The van der Waals surface area contributed by atoms with Gasteiger partial charge in [-0.25, -0.2) is 13.6 Å². The van der Waals surface area contributed by atoms with Gasteiger partial charge in [-0.15, -0.1) is 0 Å². The highest BCUT2D eigenvalue weighted by molar-refractivity contribution is 5.94. The van der Waals surface area contributed by atoms with Crippen LogP contribution in [0.4, 0.5) is 22.0 Å². The summed E-state index contributed by atoms with van der Waals surface area (Å²) in [7, 11) is 0. The van der Waals surface area contributed by atoms with Gasteiger partial charge in [0.15, 0.2) is 0 Å². The van der Waals surface area contributed by atoms with E-state index in [9.17, 15) is 36.6 Å². The van der Waals surface area contributed by atoms with E-state index in [-0.39, 0.29) is 23.7 Å². The van der Waals surface area contributed by atoms with Gasteiger partial charge in [-0.2, -0.15) is 13.2 Å². The average molecular weight is 493 g/mol. The van der Waals surface area contributed by atoms with Gasteiger partial charge < -0.3 is 15.2 Å². The minimum atomic E-state index is -4.75. The van der Waals surface area contributed by atoms with Crippen molar-refractivity contribution in [2.45, 2.75) is 26.1 Å². The molecule has 1 amide bonds. The van der Waals surface area contributed by atoms with Gasteiger partial charge in [-0.05, 0) is 66.1 Å². The summed E-state index contributed by atoms with van der Waals surface area (Å²) in [6, 6.07) is 9.62. The lowest BCUT2D eigenvalue weighted by molar-refractivity contribution is -0.137. The normalized spacial score (nSPS) is 11.3. The summed E-state index contributed by atoms with van der Waals surface area (Å²) in [4.78, 5) is 23.7. The summed E-state index contributed by atoms with van der Waals surface area (Å²) in [5.74, 6) is -3.95. The number of amides is 1. The Morgan fingerprint density at radius 2 is 1.71 bits per heavy atom. The number of hydrogen-bond donors (Lipinski definition) is 2. The molecule has 5 nitrogen and oxygen atoms in total. The lowest BCUT2D eigenvalue weighted by Gasteiger charge is -2.15. The molecule has 0 fully saturated rings. The van der Waals surface area contributed by atoms with E-state index in [0.29, 0.717) is 36.0 Å². The van der Waals surface area contributed by atoms with Gasteiger partial charge in [0.1, 0.15) is 17.4 Å². The molecular formula is C25H20F5NO4. The molecule has 0 aliphatic heterocycles. The van der Waals surface area contributed by atoms with Crippen LogP contribution in [0.5, 0.6) is 5.75 Å². The molecule has 0 unspecified atom stereocenters. The fraction of sp³-hybridized carbons (Fsp3) is 0.200. The third kappa shape index (κ3) is 6.34. The van der Waals surface area contributed by atoms with Crippen LogP contribution in [0.2, 0.25) is 0 Å². The Hall–Kier alpha value is -3.95. The number of nitrogens with one attached hydrogen (secondary N) is 1. The maximum Gasteiger partial charge on any atom is 0.416 e. The molecule has 3 rings (SSSR count). The molecule has 10 heteroatoms. The molecule has 0 saturated heterocycles. The number of alkyl halides is 3. The smallest absolute Gasteiger partial charge is 0.416 e. The van der Waals surface area contributed by atoms with Crippen molar-refractivity contribution < 1.29 is 41.4 Å². The van der Waals surface area contributed by atoms with Gasteiger partial charge in [0, 0.05) is 12.1 Å². The largest absolute Gasteiger partial charge is 0.493 e. The standard InChI is InChI=1S/C25H20F5NO4/c1-2-7-35-22-6-3-14(15-9-16(24(33)34)11-19(26)10-15)8-17(22)13-31-23(32)20-5-4-18(12-21(20)27)25(28,29)30/h3-6,8-12H,2,7,13H2,1H3,(H,31,32)(H,33,34). The molecule has 3 aromatic rings. The molecule has 0 bridgehead atoms. The van der Waals surface area contributed by atoms with E-state index >= 15 is 0 Å². The first-order valence-electron chi connectivity index (χ1n) is 10.4. The maximum atomic E-state index is 14.2. The SMILES string of the molecule is CCCOc1ccc(-c2cc(F)cc(C(=O)O)c2)cc1CNC(=O)c1ccc(C(F)(F)F)cc1F. The quantitative estimate of drug-likeness (QED) is 0.374. The predicted molar refractivity (Wildman–Crippen MR) is 117 cm³/mol. The second-order valence-corrected chi connectivity index (χ2v) is 7.58. The molecule has 0 heterocycles. The number of hydrogen-bond acceptors (Lipinski definition) is 3. The van der Waals surface area contributed by atoms with Gasteiger partial charge in [-0.3, -0.25) is 4.79 Å². The number of ether oxygens (including phenoxy) is 1. The Bertz CT molecular complexity index is 1260. The van der Waals surface area contributed by atoms with Gasteiger partial charge in [0.2, 0.25) is 0 Å². The van der Waals surface area contributed by atoms with Crippen molar-refractivity contribution in [3.8, 4) is 16.9 Å². The molecule has 35 heavy (non-hydrogen) atoms. The van der Waals surface area contributed by atoms with Gasteiger partial charge in [0.25, 0.3) is 5.91 Å². The second kappa shape index (κ2) is 10.5. The molecule has 0 spiro atoms. The molecule has 0 aliphatic rings. The molecule has 2 N–H and O–H groups in total. The van der Waals surface area contributed by atoms with Crippen LogP contribution >= 0.6 is 0 Å². The molecule has 0 aromatic heterocycles. The van der Waals surface area contributed by atoms with Gasteiger partial charge in [0.05, 0.1) is 23.3 Å². The van der Waals surface area contributed by atoms with Crippen LogP contribution in [-0.2, 0) is 12.7 Å². The van der Waals surface area contributed by atoms with Crippen LogP contribution in [0, 0.1) is 11.6 Å². The van der Waals surface area contributed by atoms with Crippen molar-refractivity contribution in [1.82, 2.24) is 5.32 Å². The Morgan fingerprint density at radius 1 is 0.971 bits per heavy atom. The Kier molecular flexibility index (Phi) is 7.73. The number of rotatable bonds is 8. The van der Waals surface area contributed by atoms with Crippen molar-refractivity contribution in [3.63, 3.8) is 0 Å². The van der Waals surface area contributed by atoms with Crippen LogP contribution in [-0.4, -0.2) is 23.6 Å². The van der Waals surface area contributed by atoms with E-state index in [1.807, 2.05) is 6.92 Å². The van der Waals surface area contributed by atoms with Crippen LogP contribution < -0.4 is 10.1 Å². The summed E-state index contributed by atoms with van der Waals surface area (Å²) in [5, 5.41) is 11.6. The topological polar surface area (TPSA) is 75.6 Å². The number of carboxylic acid groups (broad SMARTS) is 1. The minimum absolute atomic E-state index is 0.187. The first-order chi connectivity index (χ1) is 16.5. The summed E-state index contributed by atoms with van der Waals surface area (Å²) in [5.41, 5.74) is -0.921. The van der Waals surface area contributed by atoms with E-state index < -0.39 is 40.8 Å². The van der Waals surface area contributed by atoms with Crippen molar-refractivity contribution in [2.24, 2.45) is 0 Å². The molecule has 3 aromatic carbocycles. The highest BCUT2D eigenvalue weighted by atomic mass is 19.4.